The summed E-state index contributed by atoms with van der Waals surface area (Å²) in [4.78, 5) is 12.7. The van der Waals surface area contributed by atoms with Crippen molar-refractivity contribution >= 4 is 15.5 Å². The maximum Gasteiger partial charge on any atom is 0.314 e. The van der Waals surface area contributed by atoms with Crippen LogP contribution in [0.4, 0.5) is 4.39 Å². The van der Waals surface area contributed by atoms with Gasteiger partial charge in [-0.05, 0) is 98.8 Å². The second-order valence-corrected chi connectivity index (χ2v) is 14.0. The van der Waals surface area contributed by atoms with E-state index in [0.29, 0.717) is 5.56 Å². The molecule has 0 saturated heterocycles. The first-order valence-corrected chi connectivity index (χ1v) is 15.9. The minimum atomic E-state index is -0.425. The number of rotatable bonds is 8. The van der Waals surface area contributed by atoms with Gasteiger partial charge in [0.1, 0.15) is 0 Å². The predicted molar refractivity (Wildman–Crippen MR) is 144 cm³/mol. The molecule has 4 heteroatoms. The Balaban J connectivity index is 1.14. The Morgan fingerprint density at radius 1 is 0.857 bits per heavy atom. The van der Waals surface area contributed by atoms with Crippen LogP contribution in [0.2, 0.25) is 11.6 Å². The third-order valence-electron chi connectivity index (χ3n) is 9.56. The molecule has 0 spiro atoms. The number of carbonyl (C=O) groups excluding carboxylic acids is 1. The summed E-state index contributed by atoms with van der Waals surface area (Å²) >= 11 is 0. The minimum Gasteiger partial charge on any atom is -0.423 e. The molecule has 1 aromatic carbocycles. The Hall–Kier alpha value is -1.16. The van der Waals surface area contributed by atoms with Crippen molar-refractivity contribution in [3.8, 4) is 5.75 Å². The van der Waals surface area contributed by atoms with E-state index < -0.39 is 5.82 Å². The van der Waals surface area contributed by atoms with E-state index in [1.165, 1.54) is 85.8 Å². The number of ether oxygens (including phenoxy) is 1. The minimum absolute atomic E-state index is 0.0735. The van der Waals surface area contributed by atoms with Gasteiger partial charge in [0.05, 0.1) is 5.92 Å². The van der Waals surface area contributed by atoms with Crippen LogP contribution in [-0.2, 0) is 4.79 Å². The molecule has 0 N–H and O–H groups in total. The van der Waals surface area contributed by atoms with Crippen LogP contribution in [0.15, 0.2) is 12.1 Å². The monoisotopic (exact) mass is 498 g/mol. The molecule has 0 amide bonds. The van der Waals surface area contributed by atoms with Crippen LogP contribution in [0.1, 0.15) is 108 Å². The zero-order chi connectivity index (χ0) is 24.8. The van der Waals surface area contributed by atoms with E-state index in [1.54, 1.807) is 0 Å². The first kappa shape index (κ1) is 26.9. The number of esters is 1. The van der Waals surface area contributed by atoms with Gasteiger partial charge in [0.15, 0.2) is 11.6 Å². The SMILES string of the molecule is CC[Si]C1CCC(CCC2CCC(C3CCC(C(=O)Oc4c(C)cc(C)cc4F)CC3)CC2)CC1. The number of carbonyl (C=O) groups is 1. The standard InChI is InChI=1S/C31H47FO2Si/c1-4-35-28-17-9-24(10-18-28)6-5-23-7-11-25(12-8-23)26-13-15-27(16-14-26)31(33)34-30-22(3)19-21(2)20-29(30)32/h19-20,23-28H,4-18H2,1-3H3. The second kappa shape index (κ2) is 12.9. The number of hydrogen-bond donors (Lipinski definition) is 0. The van der Waals surface area contributed by atoms with Crippen molar-refractivity contribution in [3.05, 3.63) is 29.1 Å². The van der Waals surface area contributed by atoms with Crippen LogP contribution >= 0.6 is 0 Å². The molecule has 3 saturated carbocycles. The lowest BCUT2D eigenvalue weighted by atomic mass is 9.68. The molecule has 0 unspecified atom stereocenters. The molecule has 3 aliphatic rings. The highest BCUT2D eigenvalue weighted by molar-refractivity contribution is 6.37. The van der Waals surface area contributed by atoms with Crippen LogP contribution in [0.25, 0.3) is 0 Å². The molecule has 35 heavy (non-hydrogen) atoms. The first-order chi connectivity index (χ1) is 16.9. The van der Waals surface area contributed by atoms with E-state index in [-0.39, 0.29) is 17.6 Å². The largest absolute Gasteiger partial charge is 0.423 e. The van der Waals surface area contributed by atoms with Gasteiger partial charge in [-0.3, -0.25) is 4.79 Å². The molecule has 3 fully saturated rings. The summed E-state index contributed by atoms with van der Waals surface area (Å²) < 4.78 is 19.8. The van der Waals surface area contributed by atoms with Gasteiger partial charge in [0, 0.05) is 9.52 Å². The zero-order valence-corrected chi connectivity index (χ0v) is 23.4. The van der Waals surface area contributed by atoms with Crippen molar-refractivity contribution in [1.82, 2.24) is 0 Å². The average molecular weight is 499 g/mol. The average Bonchev–Trinajstić information content (AvgIpc) is 2.86. The number of hydrogen-bond acceptors (Lipinski definition) is 2. The lowest BCUT2D eigenvalue weighted by Gasteiger charge is -2.38. The topological polar surface area (TPSA) is 26.3 Å². The molecule has 0 aliphatic heterocycles. The van der Waals surface area contributed by atoms with Gasteiger partial charge < -0.3 is 4.74 Å². The number of halogens is 1. The molecule has 0 heterocycles. The van der Waals surface area contributed by atoms with Crippen molar-refractivity contribution in [1.29, 1.82) is 0 Å². The van der Waals surface area contributed by atoms with Crippen LogP contribution in [0.3, 0.4) is 0 Å². The summed E-state index contributed by atoms with van der Waals surface area (Å²) in [5.74, 6) is 2.98. The Labute approximate surface area is 216 Å². The van der Waals surface area contributed by atoms with E-state index >= 15 is 0 Å². The van der Waals surface area contributed by atoms with Crippen LogP contribution in [0, 0.1) is 49.3 Å². The van der Waals surface area contributed by atoms with Crippen molar-refractivity contribution in [2.75, 3.05) is 0 Å². The maximum atomic E-state index is 14.3. The Bertz CT molecular complexity index is 792. The second-order valence-electron chi connectivity index (χ2n) is 12.1. The quantitative estimate of drug-likeness (QED) is 0.203. The molecule has 2 radical (unpaired) electrons. The van der Waals surface area contributed by atoms with Gasteiger partial charge in [-0.1, -0.05) is 70.4 Å². The molecule has 4 rings (SSSR count). The third kappa shape index (κ3) is 7.43. The van der Waals surface area contributed by atoms with E-state index in [1.807, 2.05) is 19.9 Å². The van der Waals surface area contributed by atoms with Gasteiger partial charge in [0.25, 0.3) is 0 Å². The fraction of sp³-hybridized carbons (Fsp3) is 0.774. The molecular weight excluding hydrogens is 451 g/mol. The lowest BCUT2D eigenvalue weighted by Crippen LogP contribution is -2.30. The fourth-order valence-corrected chi connectivity index (χ4v) is 8.72. The Kier molecular flexibility index (Phi) is 9.89. The van der Waals surface area contributed by atoms with Gasteiger partial charge >= 0.3 is 5.97 Å². The van der Waals surface area contributed by atoms with Crippen LogP contribution in [0.5, 0.6) is 5.75 Å². The van der Waals surface area contributed by atoms with E-state index in [0.717, 1.165) is 60.5 Å². The lowest BCUT2D eigenvalue weighted by molar-refractivity contribution is -0.140. The zero-order valence-electron chi connectivity index (χ0n) is 22.4. The van der Waals surface area contributed by atoms with Crippen molar-refractivity contribution in [3.63, 3.8) is 0 Å². The summed E-state index contributed by atoms with van der Waals surface area (Å²) in [6.07, 6.45) is 18.6. The van der Waals surface area contributed by atoms with Crippen molar-refractivity contribution in [2.45, 2.75) is 122 Å². The summed E-state index contributed by atoms with van der Waals surface area (Å²) in [7, 11) is 1.21. The van der Waals surface area contributed by atoms with Crippen LogP contribution in [-0.4, -0.2) is 15.5 Å². The van der Waals surface area contributed by atoms with Gasteiger partial charge in [0.2, 0.25) is 0 Å². The summed E-state index contributed by atoms with van der Waals surface area (Å²) in [6.45, 7) is 6.01. The third-order valence-corrected chi connectivity index (χ3v) is 11.1. The molecule has 3 aliphatic carbocycles. The van der Waals surface area contributed by atoms with E-state index in [2.05, 4.69) is 6.92 Å². The Morgan fingerprint density at radius 3 is 1.94 bits per heavy atom. The molecule has 194 valence electrons. The highest BCUT2D eigenvalue weighted by atomic mass is 28.2. The molecule has 1 aromatic rings. The maximum absolute atomic E-state index is 14.3. The summed E-state index contributed by atoms with van der Waals surface area (Å²) in [5.41, 5.74) is 2.60. The smallest absolute Gasteiger partial charge is 0.314 e. The van der Waals surface area contributed by atoms with Crippen molar-refractivity contribution < 1.29 is 13.9 Å². The highest BCUT2D eigenvalue weighted by Crippen LogP contribution is 2.44. The van der Waals surface area contributed by atoms with Gasteiger partial charge in [-0.2, -0.15) is 0 Å². The van der Waals surface area contributed by atoms with Crippen LogP contribution < -0.4 is 4.74 Å². The summed E-state index contributed by atoms with van der Waals surface area (Å²) in [5, 5.41) is 0. The fourth-order valence-electron chi connectivity index (χ4n) is 7.41. The molecule has 2 nitrogen and oxygen atoms in total. The van der Waals surface area contributed by atoms with Gasteiger partial charge in [-0.15, -0.1) is 0 Å². The van der Waals surface area contributed by atoms with Crippen molar-refractivity contribution in [2.24, 2.45) is 29.6 Å². The molecule has 0 aromatic heterocycles. The highest BCUT2D eigenvalue weighted by Gasteiger charge is 2.34. The number of benzene rings is 1. The molecular formula is C31H47FO2Si. The van der Waals surface area contributed by atoms with Gasteiger partial charge in [-0.25, -0.2) is 4.39 Å². The van der Waals surface area contributed by atoms with E-state index in [4.69, 9.17) is 4.74 Å². The Morgan fingerprint density at radius 2 is 1.40 bits per heavy atom. The first-order valence-electron chi connectivity index (χ1n) is 14.6. The molecule has 0 atom stereocenters. The normalized spacial score (nSPS) is 31.8. The van der Waals surface area contributed by atoms with E-state index in [9.17, 15) is 9.18 Å². The summed E-state index contributed by atoms with van der Waals surface area (Å²) in [6, 6.07) is 4.70. The number of aryl methyl sites for hydroxylation is 2. The molecule has 0 bridgehead atoms. The predicted octanol–water partition coefficient (Wildman–Crippen LogP) is 8.86.